The number of hydrogen-bond donors (Lipinski definition) is 1. The van der Waals surface area contributed by atoms with Crippen LogP contribution in [0.25, 0.3) is 0 Å². The number of methoxy groups -OCH3 is 1. The third kappa shape index (κ3) is 2.83. The lowest BCUT2D eigenvalue weighted by molar-refractivity contribution is 0.0605. The highest BCUT2D eigenvalue weighted by molar-refractivity contribution is 7.18. The molecule has 7 heteroatoms. The van der Waals surface area contributed by atoms with Gasteiger partial charge < -0.3 is 10.1 Å². The van der Waals surface area contributed by atoms with Crippen LogP contribution in [0.1, 0.15) is 54.4 Å². The number of rotatable bonds is 3. The molecule has 0 spiro atoms. The number of amides is 1. The van der Waals surface area contributed by atoms with E-state index in [1.54, 1.807) is 18.3 Å². The fourth-order valence-electron chi connectivity index (χ4n) is 2.88. The minimum atomic E-state index is -0.498. The molecule has 2 aromatic rings. The molecule has 1 N–H and O–H groups in total. The van der Waals surface area contributed by atoms with Gasteiger partial charge in [-0.3, -0.25) is 4.79 Å². The van der Waals surface area contributed by atoms with Crippen molar-refractivity contribution in [3.8, 4) is 6.07 Å². The molecule has 2 heterocycles. The molecule has 0 aromatic carbocycles. The van der Waals surface area contributed by atoms with Crippen LogP contribution in [-0.4, -0.2) is 19.0 Å². The molecule has 0 atom stereocenters. The summed E-state index contributed by atoms with van der Waals surface area (Å²) in [6.45, 7) is 1.68. The van der Waals surface area contributed by atoms with E-state index in [1.165, 1.54) is 18.4 Å². The van der Waals surface area contributed by atoms with E-state index in [0.29, 0.717) is 26.6 Å². The summed E-state index contributed by atoms with van der Waals surface area (Å²) < 4.78 is 4.73. The Morgan fingerprint density at radius 1 is 1.33 bits per heavy atom. The highest BCUT2D eigenvalue weighted by Crippen LogP contribution is 2.35. The minimum Gasteiger partial charge on any atom is -0.465 e. The molecule has 0 aliphatic heterocycles. The molecule has 0 unspecified atom stereocenters. The van der Waals surface area contributed by atoms with Crippen molar-refractivity contribution in [1.82, 2.24) is 0 Å². The zero-order chi connectivity index (χ0) is 17.3. The minimum absolute atomic E-state index is 0.219. The standard InChI is InChI=1S/C17H16N2O3S2/c1-9-11(7-18)16(24-14(9)17(21)22-2)19-15(20)12-8-23-13-6-4-3-5-10(12)13/h8H,3-6H2,1-2H3,(H,19,20). The van der Waals surface area contributed by atoms with Gasteiger partial charge in [-0.15, -0.1) is 22.7 Å². The Balaban J connectivity index is 1.91. The van der Waals surface area contributed by atoms with Gasteiger partial charge in [-0.25, -0.2) is 4.79 Å². The molecule has 0 saturated heterocycles. The van der Waals surface area contributed by atoms with Gasteiger partial charge in [-0.2, -0.15) is 5.26 Å². The van der Waals surface area contributed by atoms with E-state index >= 15 is 0 Å². The van der Waals surface area contributed by atoms with Crippen molar-refractivity contribution in [3.63, 3.8) is 0 Å². The van der Waals surface area contributed by atoms with Crippen molar-refractivity contribution >= 4 is 39.6 Å². The summed E-state index contributed by atoms with van der Waals surface area (Å²) in [7, 11) is 1.30. The number of nitriles is 1. The molecule has 3 rings (SSSR count). The van der Waals surface area contributed by atoms with Crippen LogP contribution in [0.3, 0.4) is 0 Å². The summed E-state index contributed by atoms with van der Waals surface area (Å²) in [5.74, 6) is -0.717. The van der Waals surface area contributed by atoms with E-state index in [0.717, 1.165) is 36.2 Å². The summed E-state index contributed by atoms with van der Waals surface area (Å²) in [6, 6.07) is 2.07. The number of carbonyl (C=O) groups excluding carboxylic acids is 2. The maximum atomic E-state index is 12.7. The van der Waals surface area contributed by atoms with Crippen molar-refractivity contribution in [3.05, 3.63) is 37.4 Å². The fraction of sp³-hybridized carbons (Fsp3) is 0.353. The molecular formula is C17H16N2O3S2. The molecule has 0 radical (unpaired) electrons. The number of nitrogens with one attached hydrogen (secondary N) is 1. The van der Waals surface area contributed by atoms with E-state index in [2.05, 4.69) is 11.4 Å². The number of fused-ring (bicyclic) bond motifs is 1. The van der Waals surface area contributed by atoms with Gasteiger partial charge in [0.05, 0.1) is 18.2 Å². The smallest absolute Gasteiger partial charge is 0.348 e. The quantitative estimate of drug-likeness (QED) is 0.842. The second-order valence-electron chi connectivity index (χ2n) is 5.58. The van der Waals surface area contributed by atoms with E-state index < -0.39 is 5.97 Å². The average Bonchev–Trinajstić information content (AvgIpc) is 3.15. The highest BCUT2D eigenvalue weighted by atomic mass is 32.1. The third-order valence-electron chi connectivity index (χ3n) is 4.16. The van der Waals surface area contributed by atoms with E-state index in [9.17, 15) is 14.9 Å². The fourth-order valence-corrected chi connectivity index (χ4v) is 5.07. The topological polar surface area (TPSA) is 79.2 Å². The molecular weight excluding hydrogens is 344 g/mol. The first-order valence-electron chi connectivity index (χ1n) is 7.59. The summed E-state index contributed by atoms with van der Waals surface area (Å²) in [4.78, 5) is 26.1. The lowest BCUT2D eigenvalue weighted by Crippen LogP contribution is -2.14. The molecule has 124 valence electrons. The molecule has 0 saturated carbocycles. The first-order valence-corrected chi connectivity index (χ1v) is 9.28. The molecule has 1 amide bonds. The van der Waals surface area contributed by atoms with Crippen LogP contribution in [0.5, 0.6) is 0 Å². The zero-order valence-electron chi connectivity index (χ0n) is 13.4. The lowest BCUT2D eigenvalue weighted by Gasteiger charge is -2.12. The number of thiophene rings is 2. The Kier molecular flexibility index (Phi) is 4.69. The molecule has 1 aliphatic rings. The number of anilines is 1. The van der Waals surface area contributed by atoms with Gasteiger partial charge in [0.25, 0.3) is 5.91 Å². The number of hydrogen-bond acceptors (Lipinski definition) is 6. The van der Waals surface area contributed by atoms with Crippen LogP contribution in [0, 0.1) is 18.3 Å². The van der Waals surface area contributed by atoms with Crippen LogP contribution in [-0.2, 0) is 17.6 Å². The third-order valence-corrected chi connectivity index (χ3v) is 6.44. The lowest BCUT2D eigenvalue weighted by atomic mass is 9.95. The van der Waals surface area contributed by atoms with Crippen LogP contribution < -0.4 is 5.32 Å². The van der Waals surface area contributed by atoms with Crippen LogP contribution >= 0.6 is 22.7 Å². The predicted octanol–water partition coefficient (Wildman–Crippen LogP) is 3.91. The molecule has 1 aliphatic carbocycles. The summed E-state index contributed by atoms with van der Waals surface area (Å²) in [5, 5.41) is 14.5. The monoisotopic (exact) mass is 360 g/mol. The Bertz CT molecular complexity index is 858. The number of nitrogens with zero attached hydrogens (tertiary/aromatic N) is 1. The van der Waals surface area contributed by atoms with Crippen molar-refractivity contribution in [2.45, 2.75) is 32.6 Å². The SMILES string of the molecule is COC(=O)c1sc(NC(=O)c2csc3c2CCCC3)c(C#N)c1C. The second-order valence-corrected chi connectivity index (χ2v) is 7.56. The van der Waals surface area contributed by atoms with Gasteiger partial charge >= 0.3 is 5.97 Å². The van der Waals surface area contributed by atoms with E-state index in [1.807, 2.05) is 5.38 Å². The molecule has 5 nitrogen and oxygen atoms in total. The number of ether oxygens (including phenoxy) is 1. The van der Waals surface area contributed by atoms with E-state index in [4.69, 9.17) is 4.74 Å². The Morgan fingerprint density at radius 3 is 2.79 bits per heavy atom. The van der Waals surface area contributed by atoms with Gasteiger partial charge in [0.2, 0.25) is 0 Å². The normalized spacial score (nSPS) is 13.0. The van der Waals surface area contributed by atoms with Gasteiger partial charge in [-0.05, 0) is 43.7 Å². The number of aryl methyl sites for hydroxylation is 1. The summed E-state index contributed by atoms with van der Waals surface area (Å²) in [5.41, 5.74) is 2.67. The zero-order valence-corrected chi connectivity index (χ0v) is 15.0. The maximum Gasteiger partial charge on any atom is 0.348 e. The average molecular weight is 360 g/mol. The molecule has 0 bridgehead atoms. The number of esters is 1. The van der Waals surface area contributed by atoms with Crippen molar-refractivity contribution in [1.29, 1.82) is 5.26 Å². The van der Waals surface area contributed by atoms with Crippen LogP contribution in [0.2, 0.25) is 0 Å². The van der Waals surface area contributed by atoms with Gasteiger partial charge in [-0.1, -0.05) is 0 Å². The van der Waals surface area contributed by atoms with Gasteiger partial charge in [0.15, 0.2) is 0 Å². The summed E-state index contributed by atoms with van der Waals surface area (Å²) >= 11 is 2.70. The first-order chi connectivity index (χ1) is 11.6. The largest absolute Gasteiger partial charge is 0.465 e. The molecule has 2 aromatic heterocycles. The summed E-state index contributed by atoms with van der Waals surface area (Å²) in [6.07, 6.45) is 4.21. The highest BCUT2D eigenvalue weighted by Gasteiger charge is 2.24. The maximum absolute atomic E-state index is 12.7. The van der Waals surface area contributed by atoms with Gasteiger partial charge in [0, 0.05) is 10.3 Å². The Morgan fingerprint density at radius 2 is 2.08 bits per heavy atom. The number of carbonyl (C=O) groups is 2. The molecule has 24 heavy (non-hydrogen) atoms. The van der Waals surface area contributed by atoms with Crippen LogP contribution in [0.4, 0.5) is 5.00 Å². The van der Waals surface area contributed by atoms with Crippen molar-refractivity contribution in [2.24, 2.45) is 0 Å². The Labute approximate surface area is 147 Å². The second kappa shape index (κ2) is 6.75. The first kappa shape index (κ1) is 16.7. The van der Waals surface area contributed by atoms with E-state index in [-0.39, 0.29) is 5.91 Å². The Hall–Kier alpha value is -2.17. The van der Waals surface area contributed by atoms with Gasteiger partial charge in [0.1, 0.15) is 15.9 Å². The van der Waals surface area contributed by atoms with Crippen molar-refractivity contribution in [2.75, 3.05) is 12.4 Å². The predicted molar refractivity (Wildman–Crippen MR) is 94.0 cm³/mol. The molecule has 0 fully saturated rings. The van der Waals surface area contributed by atoms with Crippen molar-refractivity contribution < 1.29 is 14.3 Å². The van der Waals surface area contributed by atoms with Crippen LogP contribution in [0.15, 0.2) is 5.38 Å².